The fraction of sp³-hybridized carbons (Fsp3) is 0.500. The molecule has 0 saturated carbocycles. The molecule has 0 radical (unpaired) electrons. The Morgan fingerprint density at radius 1 is 1.08 bits per heavy atom. The monoisotopic (exact) mass is 394 g/mol. The standard InChI is InChI=1S/C14H20N2O5.2Na.3H2O/c1-2-3-12-15-6-8-16(12,7-4-13(17)18)9-11-21-10-5-14(19)20;;;;;/h2,6,8H,1,3-5,7,9-11H2,(H-,17,18,19,20);;;3*1H2/q;2*+1;;;/p-2. The van der Waals surface area contributed by atoms with E-state index in [2.05, 4.69) is 11.6 Å². The number of carboxylic acid groups (broad SMARTS) is 2. The Morgan fingerprint density at radius 2 is 1.65 bits per heavy atom. The third-order valence-corrected chi connectivity index (χ3v) is 3.24. The van der Waals surface area contributed by atoms with Gasteiger partial charge >= 0.3 is 71.1 Å². The van der Waals surface area contributed by atoms with Crippen LogP contribution in [0.3, 0.4) is 0 Å². The quantitative estimate of drug-likeness (QED) is 0.150. The van der Waals surface area contributed by atoms with Gasteiger partial charge in [-0.25, -0.2) is 9.48 Å². The van der Waals surface area contributed by atoms with E-state index in [1.807, 2.05) is 6.20 Å². The van der Waals surface area contributed by atoms with Crippen molar-refractivity contribution >= 4 is 17.8 Å². The van der Waals surface area contributed by atoms with Crippen molar-refractivity contribution in [1.82, 2.24) is 0 Å². The average Bonchev–Trinajstić information content (AvgIpc) is 2.80. The largest absolute Gasteiger partial charge is 1.00 e. The normalized spacial score (nSPS) is 16.4. The van der Waals surface area contributed by atoms with Crippen molar-refractivity contribution in [1.29, 1.82) is 0 Å². The number of aliphatic imine (C=N–C) groups is 1. The van der Waals surface area contributed by atoms with Gasteiger partial charge in [-0.2, -0.15) is 0 Å². The molecule has 1 heterocycles. The average molecular weight is 394 g/mol. The summed E-state index contributed by atoms with van der Waals surface area (Å²) in [6.07, 6.45) is 5.79. The molecule has 1 unspecified atom stereocenters. The number of hydrogen-bond donors (Lipinski definition) is 2. The molecule has 0 fully saturated rings. The van der Waals surface area contributed by atoms with Crippen molar-refractivity contribution in [3.63, 3.8) is 0 Å². The van der Waals surface area contributed by atoms with Crippen LogP contribution in [0.5, 0.6) is 0 Å². The van der Waals surface area contributed by atoms with E-state index in [9.17, 15) is 9.59 Å². The van der Waals surface area contributed by atoms with Gasteiger partial charge in [-0.1, -0.05) is 6.08 Å². The molecule has 5 N–H and O–H groups in total. The zero-order valence-corrected chi connectivity index (χ0v) is 19.2. The molecule has 26 heavy (non-hydrogen) atoms. The van der Waals surface area contributed by atoms with Crippen LogP contribution in [0.15, 0.2) is 30.0 Å². The molecule has 0 aromatic carbocycles. The topological polar surface area (TPSA) is 186 Å². The molecular weight excluding hydrogens is 370 g/mol. The molecule has 0 aliphatic carbocycles. The van der Waals surface area contributed by atoms with Crippen LogP contribution >= 0.6 is 0 Å². The van der Waals surface area contributed by atoms with Gasteiger partial charge in [-0.3, -0.25) is 9.59 Å². The van der Waals surface area contributed by atoms with Gasteiger partial charge in [0, 0.05) is 0 Å². The third-order valence-electron chi connectivity index (χ3n) is 3.24. The SMILES string of the molecule is C=CCC1=NC=C[N+]1(CCOCCC(=O)O)CCC(=O)O.[Na+].[Na+].[OH-].[OH-].[OH-]. The summed E-state index contributed by atoms with van der Waals surface area (Å²) in [6, 6.07) is 0. The molecule has 0 bridgehead atoms. The van der Waals surface area contributed by atoms with E-state index in [1.165, 1.54) is 0 Å². The van der Waals surface area contributed by atoms with Crippen LogP contribution in [0.1, 0.15) is 19.3 Å². The Morgan fingerprint density at radius 3 is 2.15 bits per heavy atom. The van der Waals surface area contributed by atoms with Gasteiger partial charge in [-0.05, 0) is 0 Å². The summed E-state index contributed by atoms with van der Waals surface area (Å²) in [5, 5.41) is 17.4. The zero-order chi connectivity index (χ0) is 15.7. The second kappa shape index (κ2) is 19.6. The molecule has 140 valence electrons. The summed E-state index contributed by atoms with van der Waals surface area (Å²) in [5.41, 5.74) is 0. The first-order valence-electron chi connectivity index (χ1n) is 6.74. The van der Waals surface area contributed by atoms with Crippen LogP contribution in [-0.4, -0.2) is 75.2 Å². The third kappa shape index (κ3) is 13.1. The maximum Gasteiger partial charge on any atom is 1.00 e. The van der Waals surface area contributed by atoms with Crippen LogP contribution in [0.25, 0.3) is 0 Å². The first kappa shape index (κ1) is 36.8. The van der Waals surface area contributed by atoms with Gasteiger partial charge in [0.25, 0.3) is 0 Å². The molecule has 0 aromatic rings. The molecular formula is C14H24N2Na2O8. The fourth-order valence-corrected chi connectivity index (χ4v) is 2.11. The van der Waals surface area contributed by atoms with Crippen LogP contribution in [0.4, 0.5) is 0 Å². The van der Waals surface area contributed by atoms with Crippen molar-refractivity contribution in [2.24, 2.45) is 4.99 Å². The summed E-state index contributed by atoms with van der Waals surface area (Å²) in [7, 11) is 0. The molecule has 1 aliphatic heterocycles. The number of quaternary nitrogens is 1. The first-order chi connectivity index (χ1) is 10.00. The van der Waals surface area contributed by atoms with E-state index < -0.39 is 11.9 Å². The molecule has 12 heteroatoms. The molecule has 0 spiro atoms. The maximum atomic E-state index is 10.8. The molecule has 0 aromatic heterocycles. The Bertz CT molecular complexity index is 474. The van der Waals surface area contributed by atoms with Gasteiger partial charge in [0.15, 0.2) is 0 Å². The molecule has 1 aliphatic rings. The van der Waals surface area contributed by atoms with E-state index in [-0.39, 0.29) is 95.0 Å². The minimum atomic E-state index is -0.903. The smallest absolute Gasteiger partial charge is 0.870 e. The summed E-state index contributed by atoms with van der Waals surface area (Å²) >= 11 is 0. The Kier molecular flexibility index (Phi) is 27.8. The van der Waals surface area contributed by atoms with Crippen molar-refractivity contribution in [2.75, 3.05) is 26.3 Å². The molecule has 1 rings (SSSR count). The number of nitrogens with zero attached hydrogens (tertiary/aromatic N) is 2. The van der Waals surface area contributed by atoms with Crippen LogP contribution in [-0.2, 0) is 14.3 Å². The fourth-order valence-electron chi connectivity index (χ4n) is 2.11. The van der Waals surface area contributed by atoms with E-state index in [1.54, 1.807) is 12.3 Å². The number of hydrogen-bond acceptors (Lipinski definition) is 7. The van der Waals surface area contributed by atoms with Crippen molar-refractivity contribution in [2.45, 2.75) is 19.3 Å². The van der Waals surface area contributed by atoms with Gasteiger partial charge < -0.3 is 31.4 Å². The molecule has 1 atom stereocenters. The van der Waals surface area contributed by atoms with Crippen LogP contribution in [0, 0.1) is 0 Å². The van der Waals surface area contributed by atoms with Crippen LogP contribution < -0.4 is 59.1 Å². The summed E-state index contributed by atoms with van der Waals surface area (Å²) in [5.74, 6) is -0.939. The van der Waals surface area contributed by atoms with Gasteiger partial charge in [-0.15, -0.1) is 6.58 Å². The predicted octanol–water partition coefficient (Wildman–Crippen LogP) is -5.29. The van der Waals surface area contributed by atoms with Crippen molar-refractivity contribution in [3.8, 4) is 0 Å². The second-order valence-electron chi connectivity index (χ2n) is 4.72. The Labute approximate surface area is 196 Å². The Hall–Kier alpha value is -0.110. The zero-order valence-electron chi connectivity index (χ0n) is 15.2. The van der Waals surface area contributed by atoms with Crippen molar-refractivity contribution in [3.05, 3.63) is 25.1 Å². The number of carbonyl (C=O) groups is 2. The maximum absolute atomic E-state index is 10.8. The minimum absolute atomic E-state index is 0. The van der Waals surface area contributed by atoms with E-state index >= 15 is 0 Å². The van der Waals surface area contributed by atoms with E-state index in [4.69, 9.17) is 14.9 Å². The first-order valence-corrected chi connectivity index (χ1v) is 6.74. The number of rotatable bonds is 11. The van der Waals surface area contributed by atoms with Crippen LogP contribution in [0.2, 0.25) is 0 Å². The molecule has 0 amide bonds. The number of ether oxygens (including phenoxy) is 1. The number of aliphatic carboxylic acids is 2. The molecule has 10 nitrogen and oxygen atoms in total. The summed E-state index contributed by atoms with van der Waals surface area (Å²) in [6.45, 7) is 5.08. The van der Waals surface area contributed by atoms with E-state index in [0.29, 0.717) is 30.6 Å². The number of carboxylic acids is 2. The molecule has 0 saturated heterocycles. The second-order valence-corrected chi connectivity index (χ2v) is 4.72. The van der Waals surface area contributed by atoms with Crippen molar-refractivity contribution < 1.29 is 105 Å². The predicted molar refractivity (Wildman–Crippen MR) is 82.5 cm³/mol. The summed E-state index contributed by atoms with van der Waals surface area (Å²) in [4.78, 5) is 25.5. The minimum Gasteiger partial charge on any atom is -0.870 e. The Balaban J connectivity index is -0.000000294. The number of amidine groups is 1. The summed E-state index contributed by atoms with van der Waals surface area (Å²) < 4.78 is 5.63. The van der Waals surface area contributed by atoms with E-state index in [0.717, 1.165) is 5.84 Å². The van der Waals surface area contributed by atoms with Gasteiger partial charge in [0.1, 0.15) is 12.7 Å². The van der Waals surface area contributed by atoms with Gasteiger partial charge in [0.05, 0.1) is 45.2 Å². The van der Waals surface area contributed by atoms with Gasteiger partial charge in [0.2, 0.25) is 5.84 Å².